The number of nitrogens with one attached hydrogen (secondary N) is 1. The average Bonchev–Trinajstić information content (AvgIpc) is 3.29. The zero-order valence-electron chi connectivity index (χ0n) is 14.1. The van der Waals surface area contributed by atoms with Crippen LogP contribution >= 0.6 is 0 Å². The van der Waals surface area contributed by atoms with Crippen LogP contribution < -0.4 is 5.32 Å². The van der Waals surface area contributed by atoms with Gasteiger partial charge in [-0.3, -0.25) is 0 Å². The van der Waals surface area contributed by atoms with Gasteiger partial charge in [0, 0.05) is 38.8 Å². The van der Waals surface area contributed by atoms with E-state index in [9.17, 15) is 0 Å². The van der Waals surface area contributed by atoms with Gasteiger partial charge in [0.1, 0.15) is 0 Å². The fraction of sp³-hybridized carbons (Fsp3) is 1.00. The highest BCUT2D eigenvalue weighted by atomic mass is 16.5. The summed E-state index contributed by atoms with van der Waals surface area (Å²) in [4.78, 5) is 2.70. The predicted octanol–water partition coefficient (Wildman–Crippen LogP) is 3.05. The van der Waals surface area contributed by atoms with E-state index in [4.69, 9.17) is 4.74 Å². The fourth-order valence-corrected chi connectivity index (χ4v) is 4.11. The first-order valence-corrected chi connectivity index (χ1v) is 9.23. The highest BCUT2D eigenvalue weighted by Gasteiger charge is 2.37. The van der Waals surface area contributed by atoms with Crippen molar-refractivity contribution < 1.29 is 4.74 Å². The van der Waals surface area contributed by atoms with Gasteiger partial charge in [0.2, 0.25) is 0 Å². The van der Waals surface area contributed by atoms with E-state index in [1.807, 2.05) is 0 Å². The molecule has 2 saturated carbocycles. The number of hydrogen-bond donors (Lipinski definition) is 1. The summed E-state index contributed by atoms with van der Waals surface area (Å²) >= 11 is 0. The van der Waals surface area contributed by atoms with E-state index >= 15 is 0 Å². The molecule has 3 rings (SSSR count). The molecule has 2 aliphatic carbocycles. The number of hydrogen-bond acceptors (Lipinski definition) is 3. The highest BCUT2D eigenvalue weighted by molar-refractivity contribution is 4.93. The summed E-state index contributed by atoms with van der Waals surface area (Å²) in [6.45, 7) is 10.5. The summed E-state index contributed by atoms with van der Waals surface area (Å²) in [7, 11) is 0. The molecular weight excluding hydrogens is 260 g/mol. The maximum atomic E-state index is 5.82. The normalized spacial score (nSPS) is 39.1. The monoisotopic (exact) mass is 294 g/mol. The van der Waals surface area contributed by atoms with Gasteiger partial charge in [-0.1, -0.05) is 19.8 Å². The molecule has 1 atom stereocenters. The molecule has 3 nitrogen and oxygen atoms in total. The van der Waals surface area contributed by atoms with Crippen molar-refractivity contribution in [3.63, 3.8) is 0 Å². The van der Waals surface area contributed by atoms with Crippen LogP contribution in [0.15, 0.2) is 0 Å². The van der Waals surface area contributed by atoms with Gasteiger partial charge < -0.3 is 15.0 Å². The minimum absolute atomic E-state index is 0.406. The number of rotatable bonds is 5. The summed E-state index contributed by atoms with van der Waals surface area (Å²) in [5, 5.41) is 3.84. The van der Waals surface area contributed by atoms with Gasteiger partial charge in [-0.15, -0.1) is 0 Å². The van der Waals surface area contributed by atoms with Gasteiger partial charge in [-0.05, 0) is 50.4 Å². The first kappa shape index (κ1) is 15.8. The molecule has 1 unspecified atom stereocenters. The molecule has 0 spiro atoms. The minimum atomic E-state index is 0.406. The van der Waals surface area contributed by atoms with E-state index in [0.717, 1.165) is 25.1 Å². The van der Waals surface area contributed by atoms with E-state index < -0.39 is 0 Å². The zero-order chi connectivity index (χ0) is 14.7. The molecule has 0 aromatic carbocycles. The van der Waals surface area contributed by atoms with E-state index in [0.29, 0.717) is 11.5 Å². The molecule has 3 aliphatic rings. The maximum Gasteiger partial charge on any atom is 0.0673 e. The lowest BCUT2D eigenvalue weighted by Crippen LogP contribution is -2.47. The minimum Gasteiger partial charge on any atom is -0.377 e. The summed E-state index contributed by atoms with van der Waals surface area (Å²) in [5.41, 5.74) is 0.527. The molecule has 0 radical (unpaired) electrons. The molecule has 0 amide bonds. The molecule has 1 heterocycles. The van der Waals surface area contributed by atoms with Gasteiger partial charge in [-0.25, -0.2) is 0 Å². The van der Waals surface area contributed by atoms with Crippen molar-refractivity contribution in [3.8, 4) is 0 Å². The van der Waals surface area contributed by atoms with Crippen molar-refractivity contribution in [2.45, 2.75) is 70.9 Å². The van der Waals surface area contributed by atoms with Gasteiger partial charge >= 0.3 is 0 Å². The first-order valence-electron chi connectivity index (χ1n) is 9.23. The Morgan fingerprint density at radius 1 is 1.14 bits per heavy atom. The largest absolute Gasteiger partial charge is 0.377 e. The van der Waals surface area contributed by atoms with E-state index in [2.05, 4.69) is 24.1 Å². The number of nitrogens with zero attached hydrogens (tertiary/aromatic N) is 1. The first-order chi connectivity index (χ1) is 10.2. The standard InChI is InChI=1S/C18H34N2O/c1-15-6-8-18(9-7-15,13-19-17-4-5-17)14-20-10-3-11-21-16(2)12-20/h15-17,19H,3-14H2,1-2H3. The van der Waals surface area contributed by atoms with Crippen molar-refractivity contribution in [2.75, 3.05) is 32.8 Å². The summed E-state index contributed by atoms with van der Waals surface area (Å²) in [6, 6.07) is 0.840. The van der Waals surface area contributed by atoms with Gasteiger partial charge in [0.15, 0.2) is 0 Å². The lowest BCUT2D eigenvalue weighted by molar-refractivity contribution is 0.0475. The SMILES string of the molecule is CC1CCC(CNC2CC2)(CN2CCCOC(C)C2)CC1. The Kier molecular flexibility index (Phi) is 5.23. The zero-order valence-corrected chi connectivity index (χ0v) is 14.1. The third kappa shape index (κ3) is 4.67. The lowest BCUT2D eigenvalue weighted by atomic mass is 9.70. The van der Waals surface area contributed by atoms with Crippen molar-refractivity contribution >= 4 is 0 Å². The van der Waals surface area contributed by atoms with Crippen molar-refractivity contribution in [1.29, 1.82) is 0 Å². The van der Waals surface area contributed by atoms with Gasteiger partial charge in [0.25, 0.3) is 0 Å². The van der Waals surface area contributed by atoms with E-state index in [1.54, 1.807) is 0 Å². The Morgan fingerprint density at radius 3 is 2.62 bits per heavy atom. The van der Waals surface area contributed by atoms with Crippen LogP contribution in [0.25, 0.3) is 0 Å². The van der Waals surface area contributed by atoms with Crippen LogP contribution in [-0.4, -0.2) is 49.8 Å². The maximum absolute atomic E-state index is 5.82. The van der Waals surface area contributed by atoms with Crippen molar-refractivity contribution in [1.82, 2.24) is 10.2 Å². The van der Waals surface area contributed by atoms with Crippen LogP contribution in [0.2, 0.25) is 0 Å². The second-order valence-corrected chi connectivity index (χ2v) is 8.11. The third-order valence-corrected chi connectivity index (χ3v) is 5.77. The van der Waals surface area contributed by atoms with Crippen LogP contribution in [0.5, 0.6) is 0 Å². The van der Waals surface area contributed by atoms with Crippen LogP contribution in [-0.2, 0) is 4.74 Å². The second kappa shape index (κ2) is 6.97. The van der Waals surface area contributed by atoms with Gasteiger partial charge in [0.05, 0.1) is 6.10 Å². The molecule has 0 aromatic heterocycles. The van der Waals surface area contributed by atoms with Crippen molar-refractivity contribution in [3.05, 3.63) is 0 Å². The Labute approximate surface area is 130 Å². The van der Waals surface area contributed by atoms with Crippen LogP contribution in [0.1, 0.15) is 58.8 Å². The predicted molar refractivity (Wildman–Crippen MR) is 87.6 cm³/mol. The fourth-order valence-electron chi connectivity index (χ4n) is 4.11. The molecule has 3 heteroatoms. The van der Waals surface area contributed by atoms with Crippen LogP contribution in [0, 0.1) is 11.3 Å². The van der Waals surface area contributed by atoms with Crippen molar-refractivity contribution in [2.24, 2.45) is 11.3 Å². The molecule has 1 aliphatic heterocycles. The quantitative estimate of drug-likeness (QED) is 0.843. The molecule has 3 fully saturated rings. The molecule has 1 saturated heterocycles. The van der Waals surface area contributed by atoms with Crippen LogP contribution in [0.4, 0.5) is 0 Å². The van der Waals surface area contributed by atoms with E-state index in [1.165, 1.54) is 64.6 Å². The topological polar surface area (TPSA) is 24.5 Å². The summed E-state index contributed by atoms with van der Waals surface area (Å²) in [5.74, 6) is 0.936. The Balaban J connectivity index is 1.59. The molecule has 0 aromatic rings. The lowest BCUT2D eigenvalue weighted by Gasteiger charge is -2.43. The molecule has 122 valence electrons. The Bertz CT molecular complexity index is 321. The van der Waals surface area contributed by atoms with Gasteiger partial charge in [-0.2, -0.15) is 0 Å². The number of ether oxygens (including phenoxy) is 1. The highest BCUT2D eigenvalue weighted by Crippen LogP contribution is 2.40. The molecule has 21 heavy (non-hydrogen) atoms. The third-order valence-electron chi connectivity index (χ3n) is 5.77. The second-order valence-electron chi connectivity index (χ2n) is 8.11. The smallest absolute Gasteiger partial charge is 0.0673 e. The molecule has 0 bridgehead atoms. The van der Waals surface area contributed by atoms with E-state index in [-0.39, 0.29) is 0 Å². The van der Waals surface area contributed by atoms with Crippen LogP contribution in [0.3, 0.4) is 0 Å². The summed E-state index contributed by atoms with van der Waals surface area (Å²) in [6.07, 6.45) is 10.1. The Hall–Kier alpha value is -0.120. The summed E-state index contributed by atoms with van der Waals surface area (Å²) < 4.78 is 5.82. The Morgan fingerprint density at radius 2 is 1.90 bits per heavy atom. The molecular formula is C18H34N2O. The average molecular weight is 294 g/mol. The molecule has 1 N–H and O–H groups in total.